The van der Waals surface area contributed by atoms with Crippen LogP contribution in [0.1, 0.15) is 107 Å². The van der Waals surface area contributed by atoms with Crippen molar-refractivity contribution in [2.45, 2.75) is 78.6 Å². The molecule has 0 fully saturated rings. The Labute approximate surface area is 515 Å². The lowest BCUT2D eigenvalue weighted by Crippen LogP contribution is -2.26. The van der Waals surface area contributed by atoms with Gasteiger partial charge in [-0.1, -0.05) is 286 Å². The minimum absolute atomic E-state index is 0.108. The van der Waals surface area contributed by atoms with Crippen molar-refractivity contribution in [2.75, 3.05) is 4.90 Å². The maximum atomic E-state index is 2.52. The first-order chi connectivity index (χ1) is 42.1. The van der Waals surface area contributed by atoms with Gasteiger partial charge in [0.1, 0.15) is 0 Å². The van der Waals surface area contributed by atoms with E-state index in [2.05, 4.69) is 339 Å². The fraction of sp³-hybridized carbons (Fsp3) is 0.163. The predicted octanol–water partition coefficient (Wildman–Crippen LogP) is 23.7. The van der Waals surface area contributed by atoms with Crippen molar-refractivity contribution < 1.29 is 0 Å². The van der Waals surface area contributed by atoms with Crippen molar-refractivity contribution in [3.8, 4) is 89.0 Å². The van der Waals surface area contributed by atoms with Crippen LogP contribution in [0.25, 0.3) is 89.0 Å². The second kappa shape index (κ2) is 20.6. The molecule has 3 aliphatic rings. The average molecular weight is 1120 g/mol. The van der Waals surface area contributed by atoms with Gasteiger partial charge < -0.3 is 4.90 Å². The number of anilines is 3. The average Bonchev–Trinajstić information content (AvgIpc) is 1.52. The molecule has 0 amide bonds. The van der Waals surface area contributed by atoms with E-state index in [1.165, 1.54) is 128 Å². The first-order valence-corrected chi connectivity index (χ1v) is 31.2. The van der Waals surface area contributed by atoms with Crippen molar-refractivity contribution in [1.82, 2.24) is 0 Å². The minimum Gasteiger partial charge on any atom is -0.310 e. The minimum atomic E-state index is -0.461. The number of hydrogen-bond acceptors (Lipinski definition) is 1. The summed E-state index contributed by atoms with van der Waals surface area (Å²) in [6.07, 6.45) is 1.15. The Morgan fingerprint density at radius 1 is 0.287 bits per heavy atom. The zero-order valence-corrected chi connectivity index (χ0v) is 51.3. The normalized spacial score (nSPS) is 15.3. The Balaban J connectivity index is 0.724. The van der Waals surface area contributed by atoms with E-state index in [9.17, 15) is 0 Å². The lowest BCUT2D eigenvalue weighted by molar-refractivity contribution is 0.229. The van der Waals surface area contributed by atoms with Gasteiger partial charge in [-0.15, -0.1) is 0 Å². The quantitative estimate of drug-likeness (QED) is 0.132. The second-order valence-corrected chi connectivity index (χ2v) is 27.5. The van der Waals surface area contributed by atoms with Crippen molar-refractivity contribution >= 4 is 17.1 Å². The molecular weight excluding hydrogens is 1050 g/mol. The summed E-state index contributed by atoms with van der Waals surface area (Å²) < 4.78 is 0. The van der Waals surface area contributed by atoms with Gasteiger partial charge in [0.05, 0.1) is 5.41 Å². The lowest BCUT2D eigenvalue weighted by Gasteiger charge is -2.36. The molecule has 0 aliphatic heterocycles. The zero-order chi connectivity index (χ0) is 59.4. The van der Waals surface area contributed by atoms with Crippen molar-refractivity contribution in [1.29, 1.82) is 0 Å². The molecule has 2 unspecified atom stereocenters. The molecule has 0 heterocycles. The Hall–Kier alpha value is -9.56. The van der Waals surface area contributed by atoms with Crippen LogP contribution in [0.4, 0.5) is 17.1 Å². The van der Waals surface area contributed by atoms with E-state index in [4.69, 9.17) is 0 Å². The number of hydrogen-bond donors (Lipinski definition) is 0. The van der Waals surface area contributed by atoms with E-state index in [-0.39, 0.29) is 16.2 Å². The topological polar surface area (TPSA) is 3.24 Å². The van der Waals surface area contributed by atoms with Crippen LogP contribution in [0.2, 0.25) is 0 Å². The van der Waals surface area contributed by atoms with Crippen LogP contribution in [-0.4, -0.2) is 0 Å². The molecular formula is C86H73N. The number of fused-ring (bicyclic) bond motifs is 13. The molecule has 12 aromatic carbocycles. The summed E-state index contributed by atoms with van der Waals surface area (Å²) in [7, 11) is 0. The third-order valence-electron chi connectivity index (χ3n) is 19.6. The molecule has 422 valence electrons. The van der Waals surface area contributed by atoms with E-state index < -0.39 is 5.41 Å². The maximum Gasteiger partial charge on any atom is 0.0725 e. The summed E-state index contributed by atoms with van der Waals surface area (Å²) >= 11 is 0. The number of rotatable bonds is 10. The number of benzene rings is 12. The van der Waals surface area contributed by atoms with Crippen LogP contribution in [-0.2, 0) is 10.8 Å². The fourth-order valence-electron chi connectivity index (χ4n) is 15.2. The Morgan fingerprint density at radius 2 is 0.609 bits per heavy atom. The molecule has 1 spiro atoms. The van der Waals surface area contributed by atoms with Crippen LogP contribution in [0.3, 0.4) is 0 Å². The summed E-state index contributed by atoms with van der Waals surface area (Å²) in [5, 5.41) is 0. The highest BCUT2D eigenvalue weighted by atomic mass is 15.1. The third-order valence-corrected chi connectivity index (χ3v) is 19.6. The summed E-state index contributed by atoms with van der Waals surface area (Å²) in [5.74, 6) is 0.467. The van der Waals surface area contributed by atoms with Gasteiger partial charge >= 0.3 is 0 Å². The summed E-state index contributed by atoms with van der Waals surface area (Å²) in [5.41, 5.74) is 32.9. The Bertz CT molecular complexity index is 4570. The molecule has 1 heteroatoms. The van der Waals surface area contributed by atoms with Crippen LogP contribution in [0.15, 0.2) is 279 Å². The van der Waals surface area contributed by atoms with Gasteiger partial charge in [-0.25, -0.2) is 0 Å². The van der Waals surface area contributed by atoms with Gasteiger partial charge in [-0.2, -0.15) is 0 Å². The van der Waals surface area contributed by atoms with Crippen molar-refractivity contribution in [3.05, 3.63) is 318 Å². The molecule has 0 N–H and O–H groups in total. The number of nitrogens with zero attached hydrogens (tertiary/aromatic N) is 1. The standard InChI is InChI=1S/C86H73N/c1-83(2,3)55-82(84(4,5)6)64-36-34-63(35-37-64)66-43-50-75-72-22-14-17-25-78(72)86(81(75)53-66)77-24-16-13-21-71(77)74-49-42-65(52-80(74)86)62-32-30-58(31-33-62)57-26-28-59(29-27-57)61-40-46-68(47-41-61)87(67-44-38-60(39-45-67)56-18-10-9-11-19-56)69-48-51-73-70-20-12-15-23-76(70)85(7,8)79(73)54-69/h9-54,82H,55H2,1-8H3. The zero-order valence-electron chi connectivity index (χ0n) is 51.3. The molecule has 0 aromatic heterocycles. The van der Waals surface area contributed by atoms with Crippen LogP contribution < -0.4 is 4.90 Å². The molecule has 0 bridgehead atoms. The Morgan fingerprint density at radius 3 is 1.06 bits per heavy atom. The van der Waals surface area contributed by atoms with Crippen molar-refractivity contribution in [3.63, 3.8) is 0 Å². The van der Waals surface area contributed by atoms with E-state index in [1.807, 2.05) is 0 Å². The SMILES string of the molecule is CC(C)(C)CC(c1ccc(-c2ccc3c(c2)C2(c4ccccc4-c4ccc(-c5ccc(-c6ccc(-c7ccc(N(c8ccc(-c9ccccc9)cc8)c8ccc9c(c8)C(C)(C)c8ccccc8-9)cc7)cc6)cc5)cc42)c2ccccc2-3)cc1)C(C)(C)C. The van der Waals surface area contributed by atoms with E-state index >= 15 is 0 Å². The van der Waals surface area contributed by atoms with Crippen LogP contribution in [0, 0.1) is 10.8 Å². The lowest BCUT2D eigenvalue weighted by atomic mass is 9.69. The van der Waals surface area contributed by atoms with Gasteiger partial charge in [-0.3, -0.25) is 0 Å². The summed E-state index contributed by atoms with van der Waals surface area (Å²) in [6.45, 7) is 19.0. The van der Waals surface area contributed by atoms with Gasteiger partial charge in [0, 0.05) is 22.5 Å². The van der Waals surface area contributed by atoms with E-state index in [0.29, 0.717) is 5.92 Å². The summed E-state index contributed by atoms with van der Waals surface area (Å²) in [4.78, 5) is 2.41. The first-order valence-electron chi connectivity index (χ1n) is 31.2. The van der Waals surface area contributed by atoms with Gasteiger partial charge in [-0.05, 0) is 200 Å². The molecule has 12 aromatic rings. The largest absolute Gasteiger partial charge is 0.310 e. The molecule has 1 nitrogen and oxygen atoms in total. The predicted molar refractivity (Wildman–Crippen MR) is 368 cm³/mol. The highest BCUT2D eigenvalue weighted by molar-refractivity contribution is 5.97. The summed E-state index contributed by atoms with van der Waals surface area (Å²) in [6, 6.07) is 105. The van der Waals surface area contributed by atoms with E-state index in [0.717, 1.165) is 23.5 Å². The maximum absolute atomic E-state index is 2.52. The monoisotopic (exact) mass is 1120 g/mol. The van der Waals surface area contributed by atoms with Gasteiger partial charge in [0.25, 0.3) is 0 Å². The van der Waals surface area contributed by atoms with Gasteiger partial charge in [0.15, 0.2) is 0 Å². The van der Waals surface area contributed by atoms with Crippen LogP contribution >= 0.6 is 0 Å². The molecule has 3 aliphatic carbocycles. The smallest absolute Gasteiger partial charge is 0.0725 e. The highest BCUT2D eigenvalue weighted by Crippen LogP contribution is 2.64. The molecule has 87 heavy (non-hydrogen) atoms. The highest BCUT2D eigenvalue weighted by Gasteiger charge is 2.52. The third kappa shape index (κ3) is 9.13. The molecule has 0 radical (unpaired) electrons. The first kappa shape index (κ1) is 54.1. The fourth-order valence-corrected chi connectivity index (χ4v) is 15.2. The Kier molecular flexibility index (Phi) is 12.8. The van der Waals surface area contributed by atoms with Crippen molar-refractivity contribution in [2.24, 2.45) is 10.8 Å². The second-order valence-electron chi connectivity index (χ2n) is 27.5. The van der Waals surface area contributed by atoms with Crippen LogP contribution in [0.5, 0.6) is 0 Å². The van der Waals surface area contributed by atoms with E-state index in [1.54, 1.807) is 0 Å². The molecule has 2 atom stereocenters. The van der Waals surface area contributed by atoms with Gasteiger partial charge in [0.2, 0.25) is 0 Å². The molecule has 0 saturated heterocycles. The molecule has 15 rings (SSSR count). The molecule has 0 saturated carbocycles.